The summed E-state index contributed by atoms with van der Waals surface area (Å²) in [6.45, 7) is 7.84. The van der Waals surface area contributed by atoms with Gasteiger partial charge in [-0.25, -0.2) is 0 Å². The van der Waals surface area contributed by atoms with Crippen molar-refractivity contribution < 1.29 is 4.74 Å². The highest BCUT2D eigenvalue weighted by Crippen LogP contribution is 2.32. The summed E-state index contributed by atoms with van der Waals surface area (Å²) < 4.78 is 5.50. The lowest BCUT2D eigenvalue weighted by Gasteiger charge is -2.09. The zero-order chi connectivity index (χ0) is 13.7. The smallest absolute Gasteiger partial charge is 0.323 e. The molecule has 1 aliphatic rings. The van der Waals surface area contributed by atoms with Gasteiger partial charge in [0.05, 0.1) is 6.61 Å². The van der Waals surface area contributed by atoms with Crippen molar-refractivity contribution in [1.82, 2.24) is 15.0 Å². The molecule has 106 valence electrons. The van der Waals surface area contributed by atoms with Crippen LogP contribution in [0.2, 0.25) is 0 Å². The van der Waals surface area contributed by atoms with E-state index in [2.05, 4.69) is 46.4 Å². The lowest BCUT2D eigenvalue weighted by molar-refractivity contribution is 0.292. The average molecular weight is 265 g/mol. The number of anilines is 2. The minimum absolute atomic E-state index is 0.395. The third kappa shape index (κ3) is 4.22. The normalized spacial score (nSPS) is 21.0. The first-order chi connectivity index (χ1) is 9.22. The van der Waals surface area contributed by atoms with E-state index in [9.17, 15) is 0 Å². The van der Waals surface area contributed by atoms with Crippen molar-refractivity contribution in [2.45, 2.75) is 46.1 Å². The van der Waals surface area contributed by atoms with Crippen LogP contribution in [0.25, 0.3) is 0 Å². The molecule has 0 radical (unpaired) electrons. The van der Waals surface area contributed by atoms with Crippen LogP contribution in [0.3, 0.4) is 0 Å². The van der Waals surface area contributed by atoms with Crippen LogP contribution in [-0.4, -0.2) is 34.1 Å². The van der Waals surface area contributed by atoms with Gasteiger partial charge in [-0.3, -0.25) is 0 Å². The van der Waals surface area contributed by atoms with Crippen LogP contribution < -0.4 is 15.4 Å². The largest absolute Gasteiger partial charge is 0.463 e. The average Bonchev–Trinajstić information content (AvgIpc) is 3.09. The van der Waals surface area contributed by atoms with Crippen molar-refractivity contribution in [3.8, 4) is 6.01 Å². The predicted octanol–water partition coefficient (Wildman–Crippen LogP) is 2.30. The van der Waals surface area contributed by atoms with Gasteiger partial charge in [-0.2, -0.15) is 15.0 Å². The Morgan fingerprint density at radius 1 is 1.16 bits per heavy atom. The maximum absolute atomic E-state index is 5.50. The first-order valence-corrected chi connectivity index (χ1v) is 7.12. The van der Waals surface area contributed by atoms with E-state index in [0.29, 0.717) is 36.5 Å². The minimum Gasteiger partial charge on any atom is -0.463 e. The Morgan fingerprint density at radius 3 is 2.53 bits per heavy atom. The second kappa shape index (κ2) is 6.54. The zero-order valence-electron chi connectivity index (χ0n) is 11.9. The van der Waals surface area contributed by atoms with Crippen LogP contribution in [0, 0.1) is 5.92 Å². The number of hydrogen-bond donors (Lipinski definition) is 2. The summed E-state index contributed by atoms with van der Waals surface area (Å²) in [7, 11) is 0. The van der Waals surface area contributed by atoms with E-state index in [1.54, 1.807) is 0 Å². The maximum Gasteiger partial charge on any atom is 0.323 e. The summed E-state index contributed by atoms with van der Waals surface area (Å²) in [6.07, 6.45) is 3.14. The summed E-state index contributed by atoms with van der Waals surface area (Å²) in [5.41, 5.74) is 0. The van der Waals surface area contributed by atoms with Crippen molar-refractivity contribution in [3.05, 3.63) is 0 Å². The second-order valence-corrected chi connectivity index (χ2v) is 5.00. The summed E-state index contributed by atoms with van der Waals surface area (Å²) in [5.74, 6) is 1.89. The molecule has 1 heterocycles. The third-order valence-electron chi connectivity index (χ3n) is 3.01. The molecule has 0 saturated heterocycles. The van der Waals surface area contributed by atoms with E-state index >= 15 is 0 Å². The molecule has 1 fully saturated rings. The predicted molar refractivity (Wildman–Crippen MR) is 75.6 cm³/mol. The van der Waals surface area contributed by atoms with Gasteiger partial charge in [0, 0.05) is 12.6 Å². The molecule has 0 spiro atoms. The fourth-order valence-corrected chi connectivity index (χ4v) is 1.68. The lowest BCUT2D eigenvalue weighted by Crippen LogP contribution is -2.13. The van der Waals surface area contributed by atoms with Crippen LogP contribution >= 0.6 is 0 Å². The monoisotopic (exact) mass is 265 g/mol. The highest BCUT2D eigenvalue weighted by molar-refractivity contribution is 5.37. The van der Waals surface area contributed by atoms with Gasteiger partial charge in [-0.05, 0) is 25.2 Å². The van der Waals surface area contributed by atoms with Crippen LogP contribution in [0.4, 0.5) is 11.9 Å². The molecule has 6 heteroatoms. The van der Waals surface area contributed by atoms with E-state index in [1.165, 1.54) is 6.42 Å². The highest BCUT2D eigenvalue weighted by atomic mass is 16.5. The lowest BCUT2D eigenvalue weighted by atomic mass is 10.5. The second-order valence-electron chi connectivity index (χ2n) is 5.00. The Kier molecular flexibility index (Phi) is 4.76. The molecule has 1 aliphatic carbocycles. The van der Waals surface area contributed by atoms with Crippen LogP contribution in [-0.2, 0) is 0 Å². The van der Waals surface area contributed by atoms with Crippen molar-refractivity contribution >= 4 is 11.9 Å². The third-order valence-corrected chi connectivity index (χ3v) is 3.01. The number of hydrogen-bond acceptors (Lipinski definition) is 6. The van der Waals surface area contributed by atoms with Crippen molar-refractivity contribution in [2.24, 2.45) is 5.92 Å². The molecule has 2 unspecified atom stereocenters. The SMILES string of the molecule is CCCNc1nc(NC2CC2C)nc(OCCC)n1. The van der Waals surface area contributed by atoms with Gasteiger partial charge in [0.1, 0.15) is 0 Å². The summed E-state index contributed by atoms with van der Waals surface area (Å²) in [5, 5.41) is 6.49. The fraction of sp³-hybridized carbons (Fsp3) is 0.769. The summed E-state index contributed by atoms with van der Waals surface area (Å²) in [6, 6.07) is 0.881. The number of aromatic nitrogens is 3. The van der Waals surface area contributed by atoms with Gasteiger partial charge in [0.25, 0.3) is 0 Å². The zero-order valence-corrected chi connectivity index (χ0v) is 11.9. The maximum atomic E-state index is 5.50. The van der Waals surface area contributed by atoms with Crippen molar-refractivity contribution in [1.29, 1.82) is 0 Å². The first kappa shape index (κ1) is 13.8. The molecule has 0 aromatic carbocycles. The van der Waals surface area contributed by atoms with Crippen molar-refractivity contribution in [2.75, 3.05) is 23.8 Å². The molecular formula is C13H23N5O. The van der Waals surface area contributed by atoms with E-state index < -0.39 is 0 Å². The topological polar surface area (TPSA) is 72.0 Å². The van der Waals surface area contributed by atoms with Gasteiger partial charge >= 0.3 is 6.01 Å². The molecule has 0 aliphatic heterocycles. The molecule has 1 aromatic rings. The van der Waals surface area contributed by atoms with E-state index in [-0.39, 0.29) is 0 Å². The molecule has 0 bridgehead atoms. The number of nitrogens with one attached hydrogen (secondary N) is 2. The molecule has 2 N–H and O–H groups in total. The molecular weight excluding hydrogens is 242 g/mol. The van der Waals surface area contributed by atoms with Crippen LogP contribution in [0.5, 0.6) is 6.01 Å². The number of rotatable bonds is 8. The Hall–Kier alpha value is -1.59. The molecule has 0 amide bonds. The Balaban J connectivity index is 2.05. The van der Waals surface area contributed by atoms with Gasteiger partial charge < -0.3 is 15.4 Å². The van der Waals surface area contributed by atoms with Gasteiger partial charge in [0.2, 0.25) is 11.9 Å². The van der Waals surface area contributed by atoms with Gasteiger partial charge in [-0.1, -0.05) is 20.8 Å². The molecule has 1 aromatic heterocycles. The van der Waals surface area contributed by atoms with E-state index in [0.717, 1.165) is 19.4 Å². The van der Waals surface area contributed by atoms with Crippen molar-refractivity contribution in [3.63, 3.8) is 0 Å². The Morgan fingerprint density at radius 2 is 1.89 bits per heavy atom. The molecule has 2 atom stereocenters. The number of ether oxygens (including phenoxy) is 1. The minimum atomic E-state index is 0.395. The summed E-state index contributed by atoms with van der Waals surface area (Å²) >= 11 is 0. The fourth-order valence-electron chi connectivity index (χ4n) is 1.68. The summed E-state index contributed by atoms with van der Waals surface area (Å²) in [4.78, 5) is 12.9. The van der Waals surface area contributed by atoms with E-state index in [4.69, 9.17) is 4.74 Å². The Labute approximate surface area is 114 Å². The Bertz CT molecular complexity index is 386. The molecule has 2 rings (SSSR count). The standard InChI is InChI=1S/C13H23N5O/c1-4-6-14-11-16-12(15-10-8-9(10)3)18-13(17-11)19-7-5-2/h9-10H,4-8H2,1-3H3,(H2,14,15,16,17,18). The molecule has 6 nitrogen and oxygen atoms in total. The quantitative estimate of drug-likeness (QED) is 0.751. The van der Waals surface area contributed by atoms with Gasteiger partial charge in [0.15, 0.2) is 0 Å². The van der Waals surface area contributed by atoms with E-state index in [1.807, 2.05) is 0 Å². The van der Waals surface area contributed by atoms with Gasteiger partial charge in [-0.15, -0.1) is 0 Å². The van der Waals surface area contributed by atoms with Crippen LogP contribution in [0.1, 0.15) is 40.0 Å². The molecule has 19 heavy (non-hydrogen) atoms. The first-order valence-electron chi connectivity index (χ1n) is 7.12. The highest BCUT2D eigenvalue weighted by Gasteiger charge is 2.33. The van der Waals surface area contributed by atoms with Crippen LogP contribution in [0.15, 0.2) is 0 Å². The molecule has 1 saturated carbocycles. The number of nitrogens with zero attached hydrogens (tertiary/aromatic N) is 3.